The van der Waals surface area contributed by atoms with E-state index in [2.05, 4.69) is 4.90 Å². The Kier molecular flexibility index (Phi) is 9.25. The Morgan fingerprint density at radius 2 is 1.52 bits per heavy atom. The predicted molar refractivity (Wildman–Crippen MR) is 110 cm³/mol. The molecule has 0 saturated heterocycles. The summed E-state index contributed by atoms with van der Waals surface area (Å²) in [6.07, 6.45) is -1.23. The molecule has 0 aromatic heterocycles. The van der Waals surface area contributed by atoms with Crippen molar-refractivity contribution >= 4 is 5.97 Å². The zero-order valence-corrected chi connectivity index (χ0v) is 17.1. The highest BCUT2D eigenvalue weighted by Gasteiger charge is 2.32. The number of carboxylic acid groups (broad SMARTS) is 1. The summed E-state index contributed by atoms with van der Waals surface area (Å²) in [4.78, 5) is 12.5. The summed E-state index contributed by atoms with van der Waals surface area (Å²) in [7, 11) is 0. The molecule has 0 heterocycles. The van der Waals surface area contributed by atoms with Crippen LogP contribution in [-0.4, -0.2) is 54.1 Å². The van der Waals surface area contributed by atoms with Gasteiger partial charge in [0.25, 0.3) is 0 Å². The van der Waals surface area contributed by atoms with Gasteiger partial charge in [0.05, 0.1) is 18.8 Å². The van der Waals surface area contributed by atoms with Crippen LogP contribution in [0, 0.1) is 0 Å². The second-order valence-electron chi connectivity index (χ2n) is 7.51. The number of halogens is 1. The van der Waals surface area contributed by atoms with Crippen LogP contribution in [0.1, 0.15) is 25.0 Å². The van der Waals surface area contributed by atoms with E-state index in [4.69, 9.17) is 14.6 Å². The van der Waals surface area contributed by atoms with Gasteiger partial charge in [0.15, 0.2) is 0 Å². The van der Waals surface area contributed by atoms with Crippen LogP contribution < -0.4 is 0 Å². The van der Waals surface area contributed by atoms with E-state index in [1.165, 1.54) is 0 Å². The largest absolute Gasteiger partial charge is 0.480 e. The maximum atomic E-state index is 15.2. The monoisotopic (exact) mass is 403 g/mol. The fourth-order valence-electron chi connectivity index (χ4n) is 2.93. The van der Waals surface area contributed by atoms with Crippen molar-refractivity contribution in [2.24, 2.45) is 0 Å². The van der Waals surface area contributed by atoms with Crippen LogP contribution in [0.2, 0.25) is 0 Å². The summed E-state index contributed by atoms with van der Waals surface area (Å²) >= 11 is 0. The van der Waals surface area contributed by atoms with Crippen molar-refractivity contribution in [3.63, 3.8) is 0 Å². The van der Waals surface area contributed by atoms with Crippen molar-refractivity contribution in [1.29, 1.82) is 0 Å². The zero-order valence-electron chi connectivity index (χ0n) is 17.1. The Bertz CT molecular complexity index is 683. The number of carbonyl (C=O) groups is 1. The molecule has 0 aliphatic heterocycles. The van der Waals surface area contributed by atoms with Crippen molar-refractivity contribution in [3.8, 4) is 0 Å². The summed E-state index contributed by atoms with van der Waals surface area (Å²) in [6.45, 7) is 4.76. The molecule has 0 radical (unpaired) electrons. The molecule has 1 atom stereocenters. The van der Waals surface area contributed by atoms with Gasteiger partial charge in [-0.2, -0.15) is 0 Å². The summed E-state index contributed by atoms with van der Waals surface area (Å²) in [5.41, 5.74) is 1.23. The number of rotatable bonds is 13. The molecule has 1 unspecified atom stereocenters. The maximum absolute atomic E-state index is 15.2. The average Bonchev–Trinajstić information content (AvgIpc) is 2.69. The fraction of sp³-hybridized carbons (Fsp3) is 0.435. The van der Waals surface area contributed by atoms with Crippen molar-refractivity contribution in [3.05, 3.63) is 71.8 Å². The molecule has 0 aliphatic carbocycles. The van der Waals surface area contributed by atoms with Gasteiger partial charge in [-0.05, 0) is 25.0 Å². The third-order valence-electron chi connectivity index (χ3n) is 4.60. The minimum absolute atomic E-state index is 0.111. The van der Waals surface area contributed by atoms with Gasteiger partial charge >= 0.3 is 5.97 Å². The fourth-order valence-corrected chi connectivity index (χ4v) is 2.93. The molecule has 2 aromatic carbocycles. The molecule has 1 N–H and O–H groups in total. The van der Waals surface area contributed by atoms with Gasteiger partial charge in [-0.15, -0.1) is 0 Å². The molecule has 0 aliphatic rings. The Morgan fingerprint density at radius 3 is 2.00 bits per heavy atom. The lowest BCUT2D eigenvalue weighted by molar-refractivity contribution is -0.144. The number of hydrogen-bond donors (Lipinski definition) is 1. The van der Waals surface area contributed by atoms with Crippen LogP contribution in [0.4, 0.5) is 4.39 Å². The number of hydrogen-bond acceptors (Lipinski definition) is 4. The minimum atomic E-state index is -1.23. The quantitative estimate of drug-likeness (QED) is 0.514. The van der Waals surface area contributed by atoms with E-state index in [1.54, 1.807) is 13.8 Å². The Morgan fingerprint density at radius 1 is 1.00 bits per heavy atom. The van der Waals surface area contributed by atoms with Crippen LogP contribution in [0.15, 0.2) is 60.7 Å². The van der Waals surface area contributed by atoms with Gasteiger partial charge in [-0.25, -0.2) is 9.18 Å². The van der Waals surface area contributed by atoms with E-state index in [-0.39, 0.29) is 26.4 Å². The highest BCUT2D eigenvalue weighted by atomic mass is 19.1. The zero-order chi connectivity index (χ0) is 21.1. The summed E-state index contributed by atoms with van der Waals surface area (Å²) in [5, 5.41) is 8.57. The van der Waals surface area contributed by atoms with Gasteiger partial charge in [0.2, 0.25) is 0 Å². The maximum Gasteiger partial charge on any atom is 0.329 e. The van der Waals surface area contributed by atoms with E-state index in [9.17, 15) is 4.79 Å². The summed E-state index contributed by atoms with van der Waals surface area (Å²) < 4.78 is 25.8. The third-order valence-corrected chi connectivity index (χ3v) is 4.60. The topological polar surface area (TPSA) is 59.0 Å². The third kappa shape index (κ3) is 8.73. The lowest BCUT2D eigenvalue weighted by Crippen LogP contribution is -2.44. The second-order valence-corrected chi connectivity index (χ2v) is 7.51. The molecule has 0 bridgehead atoms. The molecule has 0 fully saturated rings. The van der Waals surface area contributed by atoms with Gasteiger partial charge in [0.1, 0.15) is 12.8 Å². The normalized spacial score (nSPS) is 12.8. The van der Waals surface area contributed by atoms with E-state index in [0.717, 1.165) is 11.1 Å². The van der Waals surface area contributed by atoms with Crippen LogP contribution >= 0.6 is 0 Å². The van der Waals surface area contributed by atoms with Crippen molar-refractivity contribution < 1.29 is 23.8 Å². The smallest absolute Gasteiger partial charge is 0.329 e. The standard InChI is InChI=1S/C23H30FNO4/c1-23(2,29-14-13-28-18-22(26)27)21(24)17-25(15-19-9-5-3-6-10-19)16-20-11-7-4-8-12-20/h3-12,21H,13-18H2,1-2H3,(H,26,27). The molecule has 0 saturated carbocycles. The van der Waals surface area contributed by atoms with Gasteiger partial charge in [-0.1, -0.05) is 60.7 Å². The highest BCUT2D eigenvalue weighted by Crippen LogP contribution is 2.21. The molecule has 0 amide bonds. The van der Waals surface area contributed by atoms with Gasteiger partial charge < -0.3 is 14.6 Å². The molecular formula is C23H30FNO4. The summed E-state index contributed by atoms with van der Waals surface area (Å²) in [6, 6.07) is 20.0. The Hall–Kier alpha value is -2.28. The minimum Gasteiger partial charge on any atom is -0.480 e. The van der Waals surface area contributed by atoms with Crippen LogP contribution in [0.25, 0.3) is 0 Å². The van der Waals surface area contributed by atoms with E-state index >= 15 is 4.39 Å². The van der Waals surface area contributed by atoms with Crippen LogP contribution in [0.3, 0.4) is 0 Å². The number of benzene rings is 2. The molecule has 5 nitrogen and oxygen atoms in total. The second kappa shape index (κ2) is 11.7. The van der Waals surface area contributed by atoms with Gasteiger partial charge in [0, 0.05) is 19.6 Å². The molecule has 0 spiro atoms. The van der Waals surface area contributed by atoms with Gasteiger partial charge in [-0.3, -0.25) is 4.90 Å². The van der Waals surface area contributed by atoms with Crippen molar-refractivity contribution in [2.45, 2.75) is 38.7 Å². The van der Waals surface area contributed by atoms with E-state index in [0.29, 0.717) is 13.1 Å². The van der Waals surface area contributed by atoms with Crippen molar-refractivity contribution in [2.75, 3.05) is 26.4 Å². The summed E-state index contributed by atoms with van der Waals surface area (Å²) in [5.74, 6) is -1.04. The van der Waals surface area contributed by atoms with Crippen LogP contribution in [0.5, 0.6) is 0 Å². The highest BCUT2D eigenvalue weighted by molar-refractivity contribution is 5.67. The number of carboxylic acids is 1. The first-order valence-corrected chi connectivity index (χ1v) is 9.74. The lowest BCUT2D eigenvalue weighted by atomic mass is 10.0. The first kappa shape index (κ1) is 23.0. The lowest BCUT2D eigenvalue weighted by Gasteiger charge is -2.33. The molecule has 29 heavy (non-hydrogen) atoms. The molecule has 2 aromatic rings. The van der Waals surface area contributed by atoms with E-state index in [1.807, 2.05) is 60.7 Å². The SMILES string of the molecule is CC(C)(OCCOCC(=O)O)C(F)CN(Cc1ccccc1)Cc1ccccc1. The van der Waals surface area contributed by atoms with E-state index < -0.39 is 17.7 Å². The number of nitrogens with zero attached hydrogens (tertiary/aromatic N) is 1. The molecule has 2 rings (SSSR count). The first-order valence-electron chi connectivity index (χ1n) is 9.74. The predicted octanol–water partition coefficient (Wildman–Crippen LogP) is 3.92. The first-order chi connectivity index (χ1) is 13.9. The number of aliphatic carboxylic acids is 1. The number of alkyl halides is 1. The molecule has 6 heteroatoms. The average molecular weight is 403 g/mol. The Balaban J connectivity index is 1.95. The Labute approximate surface area is 172 Å². The van der Waals surface area contributed by atoms with Crippen molar-refractivity contribution in [1.82, 2.24) is 4.90 Å². The molecular weight excluding hydrogens is 373 g/mol. The van der Waals surface area contributed by atoms with Crippen LogP contribution in [-0.2, 0) is 27.4 Å². The molecule has 158 valence electrons. The number of ether oxygens (including phenoxy) is 2.